The Balaban J connectivity index is 2.08. The summed E-state index contributed by atoms with van der Waals surface area (Å²) in [5.41, 5.74) is -1.44. The first-order valence-corrected chi connectivity index (χ1v) is 7.96. The van der Waals surface area contributed by atoms with Gasteiger partial charge in [0.1, 0.15) is 5.75 Å². The lowest BCUT2D eigenvalue weighted by molar-refractivity contribution is -0.137. The van der Waals surface area contributed by atoms with Gasteiger partial charge < -0.3 is 10.1 Å². The largest absolute Gasteiger partial charge is 0.482 e. The van der Waals surface area contributed by atoms with E-state index in [-0.39, 0.29) is 15.8 Å². The number of benzene rings is 2. The van der Waals surface area contributed by atoms with Gasteiger partial charge in [-0.1, -0.05) is 39.1 Å². The molecular weight excluding hydrogens is 434 g/mol. The normalized spacial score (nSPS) is 11.2. The number of amides is 1. The van der Waals surface area contributed by atoms with Gasteiger partial charge in [0.05, 0.1) is 16.3 Å². The van der Waals surface area contributed by atoms with Crippen LogP contribution in [-0.2, 0) is 11.0 Å². The summed E-state index contributed by atoms with van der Waals surface area (Å²) in [6.45, 7) is -0.499. The predicted molar refractivity (Wildman–Crippen MR) is 89.7 cm³/mol. The quantitative estimate of drug-likeness (QED) is 0.650. The van der Waals surface area contributed by atoms with E-state index in [1.165, 1.54) is 12.1 Å². The summed E-state index contributed by atoms with van der Waals surface area (Å²) >= 11 is 14.7. The summed E-state index contributed by atoms with van der Waals surface area (Å²) < 4.78 is 44.8. The second-order valence-electron chi connectivity index (χ2n) is 4.60. The SMILES string of the molecule is O=C(COc1ccc(Br)cc1Cl)Nc1ccc(Cl)cc1C(F)(F)F. The molecule has 0 bridgehead atoms. The Morgan fingerprint density at radius 1 is 1.17 bits per heavy atom. The standard InChI is InChI=1S/C15H9BrCl2F3NO2/c16-8-1-4-13(11(18)5-8)24-7-14(23)22-12-3-2-9(17)6-10(12)15(19,20)21/h1-6H,7H2,(H,22,23). The molecule has 9 heteroatoms. The summed E-state index contributed by atoms with van der Waals surface area (Å²) in [5, 5.41) is 2.33. The zero-order chi connectivity index (χ0) is 17.9. The molecule has 3 nitrogen and oxygen atoms in total. The third kappa shape index (κ3) is 5.03. The topological polar surface area (TPSA) is 38.3 Å². The molecule has 0 saturated heterocycles. The molecule has 2 aromatic rings. The van der Waals surface area contributed by atoms with E-state index in [1.807, 2.05) is 0 Å². The van der Waals surface area contributed by atoms with Crippen molar-refractivity contribution in [3.8, 4) is 5.75 Å². The van der Waals surface area contributed by atoms with Gasteiger partial charge in [0.25, 0.3) is 5.91 Å². The first-order chi connectivity index (χ1) is 11.2. The number of carbonyl (C=O) groups excluding carboxylic acids is 1. The number of carbonyl (C=O) groups is 1. The molecule has 0 aliphatic rings. The number of ether oxygens (including phenoxy) is 1. The Morgan fingerprint density at radius 3 is 2.50 bits per heavy atom. The molecule has 0 unspecified atom stereocenters. The maximum absolute atomic E-state index is 13.0. The number of anilines is 1. The Kier molecular flexibility index (Phi) is 6.01. The first-order valence-electron chi connectivity index (χ1n) is 6.41. The molecule has 0 aromatic heterocycles. The van der Waals surface area contributed by atoms with Crippen molar-refractivity contribution < 1.29 is 22.7 Å². The fourth-order valence-corrected chi connectivity index (χ4v) is 2.68. The van der Waals surface area contributed by atoms with Gasteiger partial charge >= 0.3 is 6.18 Å². The Labute approximate surface area is 153 Å². The van der Waals surface area contributed by atoms with E-state index in [9.17, 15) is 18.0 Å². The first kappa shape index (κ1) is 18.9. The summed E-state index contributed by atoms with van der Waals surface area (Å²) in [4.78, 5) is 11.8. The highest BCUT2D eigenvalue weighted by Gasteiger charge is 2.34. The highest BCUT2D eigenvalue weighted by molar-refractivity contribution is 9.10. The molecule has 0 radical (unpaired) electrons. The second-order valence-corrected chi connectivity index (χ2v) is 6.36. The van der Waals surface area contributed by atoms with Crippen LogP contribution in [0.2, 0.25) is 10.0 Å². The van der Waals surface area contributed by atoms with Crippen LogP contribution in [0.4, 0.5) is 18.9 Å². The molecular formula is C15H9BrCl2F3NO2. The van der Waals surface area contributed by atoms with E-state index in [1.54, 1.807) is 12.1 Å². The summed E-state index contributed by atoms with van der Waals surface area (Å²) in [6.07, 6.45) is -4.65. The van der Waals surface area contributed by atoms with Gasteiger partial charge in [-0.2, -0.15) is 13.2 Å². The lowest BCUT2D eigenvalue weighted by Gasteiger charge is -2.14. The van der Waals surface area contributed by atoms with E-state index in [0.717, 1.165) is 16.6 Å². The Morgan fingerprint density at radius 2 is 1.88 bits per heavy atom. The van der Waals surface area contributed by atoms with Crippen molar-refractivity contribution in [3.05, 3.63) is 56.5 Å². The molecule has 2 rings (SSSR count). The van der Waals surface area contributed by atoms with Crippen LogP contribution in [0.1, 0.15) is 5.56 Å². The number of alkyl halides is 3. The molecule has 0 saturated carbocycles. The molecule has 0 spiro atoms. The van der Waals surface area contributed by atoms with Crippen LogP contribution in [0.3, 0.4) is 0 Å². The highest BCUT2D eigenvalue weighted by atomic mass is 79.9. The van der Waals surface area contributed by atoms with Crippen molar-refractivity contribution >= 4 is 50.7 Å². The molecule has 2 aromatic carbocycles. The molecule has 1 N–H and O–H groups in total. The number of halogens is 6. The fraction of sp³-hybridized carbons (Fsp3) is 0.133. The molecule has 1 amide bonds. The van der Waals surface area contributed by atoms with Gasteiger partial charge in [0.15, 0.2) is 6.61 Å². The average Bonchev–Trinajstić information content (AvgIpc) is 2.47. The maximum Gasteiger partial charge on any atom is 0.418 e. The van der Waals surface area contributed by atoms with Crippen LogP contribution < -0.4 is 10.1 Å². The minimum Gasteiger partial charge on any atom is -0.482 e. The van der Waals surface area contributed by atoms with Gasteiger partial charge in [-0.3, -0.25) is 4.79 Å². The molecule has 128 valence electrons. The minimum atomic E-state index is -4.65. The zero-order valence-electron chi connectivity index (χ0n) is 11.8. The van der Waals surface area contributed by atoms with E-state index >= 15 is 0 Å². The molecule has 24 heavy (non-hydrogen) atoms. The molecule has 0 heterocycles. The average molecular weight is 443 g/mol. The van der Waals surface area contributed by atoms with Crippen molar-refractivity contribution in [2.45, 2.75) is 6.18 Å². The molecule has 0 fully saturated rings. The van der Waals surface area contributed by atoms with Gasteiger partial charge in [0, 0.05) is 9.50 Å². The number of rotatable bonds is 4. The lowest BCUT2D eigenvalue weighted by Crippen LogP contribution is -2.22. The maximum atomic E-state index is 13.0. The van der Waals surface area contributed by atoms with E-state index in [2.05, 4.69) is 21.2 Å². The predicted octanol–water partition coefficient (Wildman–Crippen LogP) is 5.79. The summed E-state index contributed by atoms with van der Waals surface area (Å²) in [6, 6.07) is 7.82. The van der Waals surface area contributed by atoms with Gasteiger partial charge in [0.2, 0.25) is 0 Å². The molecule has 0 atom stereocenters. The number of hydrogen-bond donors (Lipinski definition) is 1. The minimum absolute atomic E-state index is 0.0850. The van der Waals surface area contributed by atoms with Crippen LogP contribution in [0, 0.1) is 0 Å². The Hall–Kier alpha value is -1.44. The van der Waals surface area contributed by atoms with Crippen molar-refractivity contribution in [2.75, 3.05) is 11.9 Å². The van der Waals surface area contributed by atoms with Crippen LogP contribution in [-0.4, -0.2) is 12.5 Å². The van der Waals surface area contributed by atoms with Gasteiger partial charge in [-0.05, 0) is 36.4 Å². The third-order valence-electron chi connectivity index (χ3n) is 2.81. The number of nitrogens with one attached hydrogen (secondary N) is 1. The van der Waals surface area contributed by atoms with Crippen molar-refractivity contribution in [1.82, 2.24) is 0 Å². The van der Waals surface area contributed by atoms with Crippen LogP contribution in [0.5, 0.6) is 5.75 Å². The fourth-order valence-electron chi connectivity index (χ4n) is 1.78. The third-order valence-corrected chi connectivity index (χ3v) is 3.84. The van der Waals surface area contributed by atoms with Crippen molar-refractivity contribution in [3.63, 3.8) is 0 Å². The molecule has 0 aliphatic carbocycles. The number of hydrogen-bond acceptors (Lipinski definition) is 2. The van der Waals surface area contributed by atoms with Crippen LogP contribution in [0.15, 0.2) is 40.9 Å². The second kappa shape index (κ2) is 7.63. The molecule has 0 aliphatic heterocycles. The van der Waals surface area contributed by atoms with E-state index < -0.39 is 29.9 Å². The zero-order valence-corrected chi connectivity index (χ0v) is 14.9. The van der Waals surface area contributed by atoms with E-state index in [0.29, 0.717) is 0 Å². The lowest BCUT2D eigenvalue weighted by atomic mass is 10.1. The monoisotopic (exact) mass is 441 g/mol. The highest BCUT2D eigenvalue weighted by Crippen LogP contribution is 2.36. The Bertz CT molecular complexity index is 769. The van der Waals surface area contributed by atoms with Crippen LogP contribution >= 0.6 is 39.1 Å². The smallest absolute Gasteiger partial charge is 0.418 e. The van der Waals surface area contributed by atoms with Crippen LogP contribution in [0.25, 0.3) is 0 Å². The van der Waals surface area contributed by atoms with Gasteiger partial charge in [-0.15, -0.1) is 0 Å². The van der Waals surface area contributed by atoms with E-state index in [4.69, 9.17) is 27.9 Å². The summed E-state index contributed by atoms with van der Waals surface area (Å²) in [7, 11) is 0. The van der Waals surface area contributed by atoms with Gasteiger partial charge in [-0.25, -0.2) is 0 Å². The summed E-state index contributed by atoms with van der Waals surface area (Å²) in [5.74, 6) is -0.524. The van der Waals surface area contributed by atoms with Crippen molar-refractivity contribution in [2.24, 2.45) is 0 Å². The van der Waals surface area contributed by atoms with Crippen molar-refractivity contribution in [1.29, 1.82) is 0 Å².